The molecule has 0 saturated heterocycles. The van der Waals surface area contributed by atoms with E-state index in [9.17, 15) is 4.79 Å². The fourth-order valence-corrected chi connectivity index (χ4v) is 1.20. The summed E-state index contributed by atoms with van der Waals surface area (Å²) < 4.78 is 0. The fraction of sp³-hybridized carbons (Fsp3) is 0.0909. The van der Waals surface area contributed by atoms with E-state index in [2.05, 4.69) is 20.3 Å². The van der Waals surface area contributed by atoms with Crippen LogP contribution < -0.4 is 5.32 Å². The monoisotopic (exact) mass is 214 g/mol. The lowest BCUT2D eigenvalue weighted by Crippen LogP contribution is -2.23. The molecule has 0 saturated carbocycles. The number of amides is 1. The largest absolute Gasteiger partial charge is 0.347 e. The minimum atomic E-state index is -0.209. The second-order valence-corrected chi connectivity index (χ2v) is 3.13. The van der Waals surface area contributed by atoms with Crippen molar-refractivity contribution < 1.29 is 4.79 Å². The Kier molecular flexibility index (Phi) is 3.18. The predicted octanol–water partition coefficient (Wildman–Crippen LogP) is 0.802. The topological polar surface area (TPSA) is 67.8 Å². The van der Waals surface area contributed by atoms with Gasteiger partial charge in [0, 0.05) is 25.1 Å². The average Bonchev–Trinajstić information content (AvgIpc) is 2.38. The first-order valence-corrected chi connectivity index (χ1v) is 4.79. The third kappa shape index (κ3) is 2.60. The number of hydrogen-bond acceptors (Lipinski definition) is 4. The summed E-state index contributed by atoms with van der Waals surface area (Å²) in [5.74, 6) is -0.209. The Morgan fingerprint density at radius 1 is 1.12 bits per heavy atom. The highest BCUT2D eigenvalue weighted by atomic mass is 16.1. The SMILES string of the molecule is O=C(NCc1ccncc1)c1ccncn1. The van der Waals surface area contributed by atoms with Gasteiger partial charge in [-0.1, -0.05) is 0 Å². The number of pyridine rings is 1. The summed E-state index contributed by atoms with van der Waals surface area (Å²) in [4.78, 5) is 23.1. The van der Waals surface area contributed by atoms with Gasteiger partial charge in [0.25, 0.3) is 5.91 Å². The minimum absolute atomic E-state index is 0.209. The molecule has 1 amide bonds. The lowest BCUT2D eigenvalue weighted by atomic mass is 10.2. The summed E-state index contributed by atoms with van der Waals surface area (Å²) in [6.07, 6.45) is 6.26. The van der Waals surface area contributed by atoms with Crippen molar-refractivity contribution in [1.29, 1.82) is 0 Å². The Labute approximate surface area is 92.6 Å². The number of aromatic nitrogens is 3. The molecule has 2 heterocycles. The molecule has 1 N–H and O–H groups in total. The summed E-state index contributed by atoms with van der Waals surface area (Å²) in [6, 6.07) is 5.27. The van der Waals surface area contributed by atoms with Gasteiger partial charge in [0.15, 0.2) is 0 Å². The van der Waals surface area contributed by atoms with Crippen LogP contribution >= 0.6 is 0 Å². The molecule has 0 spiro atoms. The summed E-state index contributed by atoms with van der Waals surface area (Å²) in [7, 11) is 0. The van der Waals surface area contributed by atoms with Gasteiger partial charge in [0.05, 0.1) is 0 Å². The third-order valence-electron chi connectivity index (χ3n) is 2.02. The van der Waals surface area contributed by atoms with E-state index >= 15 is 0 Å². The van der Waals surface area contributed by atoms with Crippen molar-refractivity contribution in [2.24, 2.45) is 0 Å². The number of nitrogens with zero attached hydrogens (tertiary/aromatic N) is 3. The van der Waals surface area contributed by atoms with Crippen LogP contribution in [0.25, 0.3) is 0 Å². The van der Waals surface area contributed by atoms with Gasteiger partial charge in [-0.15, -0.1) is 0 Å². The highest BCUT2D eigenvalue weighted by molar-refractivity contribution is 5.91. The molecule has 16 heavy (non-hydrogen) atoms. The molecule has 0 aromatic carbocycles. The second-order valence-electron chi connectivity index (χ2n) is 3.13. The smallest absolute Gasteiger partial charge is 0.270 e. The number of rotatable bonds is 3. The second kappa shape index (κ2) is 4.97. The van der Waals surface area contributed by atoms with E-state index < -0.39 is 0 Å². The van der Waals surface area contributed by atoms with Crippen molar-refractivity contribution in [2.75, 3.05) is 0 Å². The molecule has 0 atom stereocenters. The highest BCUT2D eigenvalue weighted by Gasteiger charge is 2.05. The number of nitrogens with one attached hydrogen (secondary N) is 1. The van der Waals surface area contributed by atoms with Gasteiger partial charge < -0.3 is 5.32 Å². The number of carbonyl (C=O) groups excluding carboxylic acids is 1. The Balaban J connectivity index is 1.95. The average molecular weight is 214 g/mol. The van der Waals surface area contributed by atoms with E-state index in [0.717, 1.165) is 5.56 Å². The molecule has 2 rings (SSSR count). The van der Waals surface area contributed by atoms with Gasteiger partial charge in [-0.3, -0.25) is 9.78 Å². The van der Waals surface area contributed by atoms with Gasteiger partial charge >= 0.3 is 0 Å². The molecule has 0 aliphatic heterocycles. The molecule has 0 radical (unpaired) electrons. The fourth-order valence-electron chi connectivity index (χ4n) is 1.20. The summed E-state index contributed by atoms with van der Waals surface area (Å²) in [5.41, 5.74) is 1.36. The zero-order valence-corrected chi connectivity index (χ0v) is 8.50. The maximum absolute atomic E-state index is 11.6. The predicted molar refractivity (Wildman–Crippen MR) is 57.4 cm³/mol. The van der Waals surface area contributed by atoms with Crippen LogP contribution in [0.5, 0.6) is 0 Å². The van der Waals surface area contributed by atoms with E-state index in [-0.39, 0.29) is 5.91 Å². The van der Waals surface area contributed by atoms with Crippen molar-refractivity contribution in [3.05, 3.63) is 54.4 Å². The Bertz CT molecular complexity index is 458. The molecule has 0 unspecified atom stereocenters. The highest BCUT2D eigenvalue weighted by Crippen LogP contribution is 1.96. The van der Waals surface area contributed by atoms with Crippen LogP contribution in [0.3, 0.4) is 0 Å². The van der Waals surface area contributed by atoms with E-state index in [4.69, 9.17) is 0 Å². The molecule has 5 nitrogen and oxygen atoms in total. The van der Waals surface area contributed by atoms with Gasteiger partial charge in [0.2, 0.25) is 0 Å². The van der Waals surface area contributed by atoms with Crippen LogP contribution in [-0.4, -0.2) is 20.9 Å². The maximum Gasteiger partial charge on any atom is 0.270 e. The van der Waals surface area contributed by atoms with Gasteiger partial charge in [0.1, 0.15) is 12.0 Å². The normalized spacial score (nSPS) is 9.75. The molecule has 0 bridgehead atoms. The van der Waals surface area contributed by atoms with Crippen LogP contribution in [0.15, 0.2) is 43.1 Å². The minimum Gasteiger partial charge on any atom is -0.347 e. The van der Waals surface area contributed by atoms with E-state index in [1.54, 1.807) is 18.5 Å². The summed E-state index contributed by atoms with van der Waals surface area (Å²) in [5, 5.41) is 2.76. The quantitative estimate of drug-likeness (QED) is 0.820. The molecule has 5 heteroatoms. The molecule has 2 aromatic heterocycles. The lowest BCUT2D eigenvalue weighted by molar-refractivity contribution is 0.0945. The van der Waals surface area contributed by atoms with Crippen LogP contribution in [0, 0.1) is 0 Å². The molecule has 0 aliphatic carbocycles. The molecular formula is C11H10N4O. The van der Waals surface area contributed by atoms with Crippen LogP contribution in [0.4, 0.5) is 0 Å². The zero-order chi connectivity index (χ0) is 11.2. The molecule has 2 aromatic rings. The van der Waals surface area contributed by atoms with E-state index in [0.29, 0.717) is 12.2 Å². The van der Waals surface area contributed by atoms with Crippen LogP contribution in [-0.2, 0) is 6.54 Å². The Morgan fingerprint density at radius 3 is 2.56 bits per heavy atom. The van der Waals surface area contributed by atoms with E-state index in [1.165, 1.54) is 12.5 Å². The molecule has 0 fully saturated rings. The summed E-state index contributed by atoms with van der Waals surface area (Å²) >= 11 is 0. The van der Waals surface area contributed by atoms with Crippen molar-refractivity contribution in [2.45, 2.75) is 6.54 Å². The van der Waals surface area contributed by atoms with Crippen LogP contribution in [0.1, 0.15) is 16.1 Å². The maximum atomic E-state index is 11.6. The van der Waals surface area contributed by atoms with Gasteiger partial charge in [-0.2, -0.15) is 0 Å². The first-order valence-electron chi connectivity index (χ1n) is 4.79. The first kappa shape index (κ1) is 10.2. The van der Waals surface area contributed by atoms with Crippen LogP contribution in [0.2, 0.25) is 0 Å². The van der Waals surface area contributed by atoms with Gasteiger partial charge in [-0.05, 0) is 23.8 Å². The Morgan fingerprint density at radius 2 is 1.88 bits per heavy atom. The van der Waals surface area contributed by atoms with Crippen molar-refractivity contribution in [1.82, 2.24) is 20.3 Å². The third-order valence-corrected chi connectivity index (χ3v) is 2.02. The zero-order valence-electron chi connectivity index (χ0n) is 8.50. The molecular weight excluding hydrogens is 204 g/mol. The van der Waals surface area contributed by atoms with Gasteiger partial charge in [-0.25, -0.2) is 9.97 Å². The van der Waals surface area contributed by atoms with Crippen molar-refractivity contribution in [3.63, 3.8) is 0 Å². The van der Waals surface area contributed by atoms with E-state index in [1.807, 2.05) is 12.1 Å². The standard InChI is InChI=1S/C11H10N4O/c16-11(10-3-6-13-8-15-10)14-7-9-1-4-12-5-2-9/h1-6,8H,7H2,(H,14,16). The number of carbonyl (C=O) groups is 1. The first-order chi connectivity index (χ1) is 7.86. The molecule has 0 aliphatic rings. The Hall–Kier alpha value is -2.30. The van der Waals surface area contributed by atoms with Crippen molar-refractivity contribution >= 4 is 5.91 Å². The molecule has 80 valence electrons. The number of hydrogen-bond donors (Lipinski definition) is 1. The summed E-state index contributed by atoms with van der Waals surface area (Å²) in [6.45, 7) is 0.464. The lowest BCUT2D eigenvalue weighted by Gasteiger charge is -2.03. The van der Waals surface area contributed by atoms with Crippen molar-refractivity contribution in [3.8, 4) is 0 Å².